The summed E-state index contributed by atoms with van der Waals surface area (Å²) in [6, 6.07) is 19.2. The minimum absolute atomic E-state index is 0.104. The van der Waals surface area contributed by atoms with Gasteiger partial charge in [-0.1, -0.05) is 42.5 Å². The van der Waals surface area contributed by atoms with Crippen LogP contribution in [0.3, 0.4) is 0 Å². The van der Waals surface area contributed by atoms with E-state index in [1.165, 1.54) is 0 Å². The lowest BCUT2D eigenvalue weighted by molar-refractivity contribution is -0.117. The van der Waals surface area contributed by atoms with Crippen LogP contribution in [0.15, 0.2) is 60.2 Å². The Morgan fingerprint density at radius 1 is 1.14 bits per heavy atom. The molecule has 1 N–H and O–H groups in total. The molecule has 0 fully saturated rings. The van der Waals surface area contributed by atoms with Crippen molar-refractivity contribution in [3.8, 4) is 6.07 Å². The maximum atomic E-state index is 12.0. The highest BCUT2D eigenvalue weighted by Crippen LogP contribution is 2.10. The molecule has 0 aliphatic carbocycles. The number of amides is 1. The fourth-order valence-electron chi connectivity index (χ4n) is 1.75. The number of carbonyl (C=O) groups is 1. The van der Waals surface area contributed by atoms with E-state index in [0.717, 1.165) is 14.7 Å². The highest BCUT2D eigenvalue weighted by molar-refractivity contribution is 14.1. The predicted molar refractivity (Wildman–Crippen MR) is 91.0 cm³/mol. The van der Waals surface area contributed by atoms with E-state index in [1.807, 2.05) is 60.7 Å². The zero-order chi connectivity index (χ0) is 15.1. The van der Waals surface area contributed by atoms with E-state index >= 15 is 0 Å². The zero-order valence-corrected chi connectivity index (χ0v) is 13.4. The van der Waals surface area contributed by atoms with Crippen molar-refractivity contribution in [1.29, 1.82) is 5.26 Å². The van der Waals surface area contributed by atoms with Crippen molar-refractivity contribution in [2.75, 3.05) is 0 Å². The smallest absolute Gasteiger partial charge is 0.262 e. The van der Waals surface area contributed by atoms with Crippen molar-refractivity contribution in [3.63, 3.8) is 0 Å². The van der Waals surface area contributed by atoms with Gasteiger partial charge in [0.2, 0.25) is 0 Å². The van der Waals surface area contributed by atoms with Gasteiger partial charge in [0.25, 0.3) is 5.91 Å². The summed E-state index contributed by atoms with van der Waals surface area (Å²) in [4.78, 5) is 12.0. The van der Waals surface area contributed by atoms with Crippen LogP contribution in [0.1, 0.15) is 11.1 Å². The summed E-state index contributed by atoms with van der Waals surface area (Å²) in [5.41, 5.74) is 1.94. The number of hydrogen-bond donors (Lipinski definition) is 1. The van der Waals surface area contributed by atoms with E-state index in [-0.39, 0.29) is 11.5 Å². The third-order valence-electron chi connectivity index (χ3n) is 2.84. The van der Waals surface area contributed by atoms with Crippen LogP contribution in [0.4, 0.5) is 0 Å². The van der Waals surface area contributed by atoms with Gasteiger partial charge in [-0.3, -0.25) is 4.79 Å². The summed E-state index contributed by atoms with van der Waals surface area (Å²) in [6.07, 6.45) is 1.59. The fraction of sp³-hybridized carbons (Fsp3) is 0.0588. The highest BCUT2D eigenvalue weighted by atomic mass is 127. The van der Waals surface area contributed by atoms with Gasteiger partial charge < -0.3 is 5.32 Å². The second-order valence-electron chi connectivity index (χ2n) is 4.39. The van der Waals surface area contributed by atoms with E-state index in [2.05, 4.69) is 27.9 Å². The van der Waals surface area contributed by atoms with Gasteiger partial charge in [0.1, 0.15) is 11.6 Å². The van der Waals surface area contributed by atoms with Crippen LogP contribution in [0, 0.1) is 14.9 Å². The quantitative estimate of drug-likeness (QED) is 0.495. The van der Waals surface area contributed by atoms with Crippen LogP contribution < -0.4 is 5.32 Å². The third-order valence-corrected chi connectivity index (χ3v) is 3.56. The van der Waals surface area contributed by atoms with Crippen LogP contribution in [0.2, 0.25) is 0 Å². The third kappa shape index (κ3) is 4.72. The van der Waals surface area contributed by atoms with Crippen molar-refractivity contribution in [2.45, 2.75) is 6.54 Å². The van der Waals surface area contributed by atoms with Gasteiger partial charge >= 0.3 is 0 Å². The minimum atomic E-state index is -0.361. The lowest BCUT2D eigenvalue weighted by Crippen LogP contribution is -2.23. The Labute approximate surface area is 137 Å². The number of benzene rings is 2. The molecule has 0 radical (unpaired) electrons. The summed E-state index contributed by atoms with van der Waals surface area (Å²) in [7, 11) is 0. The van der Waals surface area contributed by atoms with Crippen LogP contribution in [0.5, 0.6) is 0 Å². The summed E-state index contributed by atoms with van der Waals surface area (Å²) in [5, 5.41) is 11.9. The fourth-order valence-corrected chi connectivity index (χ4v) is 2.11. The number of hydrogen-bond acceptors (Lipinski definition) is 2. The molecule has 0 spiro atoms. The van der Waals surface area contributed by atoms with Crippen LogP contribution >= 0.6 is 22.6 Å². The Kier molecular flexibility index (Phi) is 5.52. The summed E-state index contributed by atoms with van der Waals surface area (Å²) in [6.45, 7) is 0.408. The Balaban J connectivity index is 2.05. The molecule has 0 aliphatic rings. The average Bonchev–Trinajstić information content (AvgIpc) is 2.53. The number of rotatable bonds is 4. The summed E-state index contributed by atoms with van der Waals surface area (Å²) >= 11 is 2.21. The van der Waals surface area contributed by atoms with E-state index in [9.17, 15) is 4.79 Å². The molecule has 0 aliphatic heterocycles. The van der Waals surface area contributed by atoms with Crippen molar-refractivity contribution in [1.82, 2.24) is 5.32 Å². The Bertz CT molecular complexity index is 685. The Morgan fingerprint density at radius 2 is 1.81 bits per heavy atom. The van der Waals surface area contributed by atoms with Gasteiger partial charge in [-0.25, -0.2) is 0 Å². The largest absolute Gasteiger partial charge is 0.347 e. The maximum absolute atomic E-state index is 12.0. The molecule has 0 heterocycles. The number of nitrogens with one attached hydrogen (secondary N) is 1. The first-order valence-corrected chi connectivity index (χ1v) is 7.46. The van der Waals surface area contributed by atoms with Crippen molar-refractivity contribution in [3.05, 3.63) is 74.9 Å². The van der Waals surface area contributed by atoms with E-state index in [1.54, 1.807) is 6.08 Å². The molecule has 0 saturated carbocycles. The summed E-state index contributed by atoms with van der Waals surface area (Å²) in [5.74, 6) is -0.361. The van der Waals surface area contributed by atoms with E-state index in [4.69, 9.17) is 5.26 Å². The van der Waals surface area contributed by atoms with E-state index in [0.29, 0.717) is 6.54 Å². The first-order valence-electron chi connectivity index (χ1n) is 6.38. The monoisotopic (exact) mass is 388 g/mol. The predicted octanol–water partition coefficient (Wildman–Crippen LogP) is 3.51. The Hall–Kier alpha value is -2.13. The number of nitrogens with zero attached hydrogens (tertiary/aromatic N) is 1. The molecule has 2 aromatic carbocycles. The zero-order valence-electron chi connectivity index (χ0n) is 11.2. The minimum Gasteiger partial charge on any atom is -0.347 e. The molecule has 104 valence electrons. The van der Waals surface area contributed by atoms with Crippen molar-refractivity contribution < 1.29 is 4.79 Å². The standard InChI is InChI=1S/C17H13IN2O/c18-16-8-6-13(7-9-16)10-15(11-19)17(21)20-12-14-4-2-1-3-5-14/h1-10H,12H2,(H,20,21)/b15-10+. The van der Waals surface area contributed by atoms with Gasteiger partial charge in [-0.15, -0.1) is 0 Å². The first-order chi connectivity index (χ1) is 10.2. The molecule has 0 bridgehead atoms. The topological polar surface area (TPSA) is 52.9 Å². The second kappa shape index (κ2) is 7.60. The molecule has 0 unspecified atom stereocenters. The normalized spacial score (nSPS) is 10.8. The van der Waals surface area contributed by atoms with Crippen LogP contribution in [0.25, 0.3) is 6.08 Å². The van der Waals surface area contributed by atoms with Crippen LogP contribution in [-0.2, 0) is 11.3 Å². The first kappa shape index (κ1) is 15.3. The lowest BCUT2D eigenvalue weighted by atomic mass is 10.1. The van der Waals surface area contributed by atoms with E-state index < -0.39 is 0 Å². The number of halogens is 1. The average molecular weight is 388 g/mol. The van der Waals surface area contributed by atoms with Gasteiger partial charge in [0.15, 0.2) is 0 Å². The highest BCUT2D eigenvalue weighted by Gasteiger charge is 2.08. The van der Waals surface area contributed by atoms with Gasteiger partial charge in [0.05, 0.1) is 0 Å². The van der Waals surface area contributed by atoms with Crippen molar-refractivity contribution >= 4 is 34.6 Å². The maximum Gasteiger partial charge on any atom is 0.262 e. The SMILES string of the molecule is N#C/C(=C\c1ccc(I)cc1)C(=O)NCc1ccccc1. The van der Waals surface area contributed by atoms with Gasteiger partial charge in [0, 0.05) is 10.1 Å². The number of nitriles is 1. The molecular formula is C17H13IN2O. The molecule has 0 aromatic heterocycles. The van der Waals surface area contributed by atoms with Gasteiger partial charge in [-0.2, -0.15) is 5.26 Å². The van der Waals surface area contributed by atoms with Gasteiger partial charge in [-0.05, 0) is 51.9 Å². The molecule has 21 heavy (non-hydrogen) atoms. The molecule has 4 heteroatoms. The second-order valence-corrected chi connectivity index (χ2v) is 5.64. The van der Waals surface area contributed by atoms with Crippen LogP contribution in [-0.4, -0.2) is 5.91 Å². The number of carbonyl (C=O) groups excluding carboxylic acids is 1. The molecule has 2 rings (SSSR count). The van der Waals surface area contributed by atoms with Crippen molar-refractivity contribution in [2.24, 2.45) is 0 Å². The summed E-state index contributed by atoms with van der Waals surface area (Å²) < 4.78 is 1.11. The molecular weight excluding hydrogens is 375 g/mol. The molecule has 0 saturated heterocycles. The molecule has 0 atom stereocenters. The molecule has 3 nitrogen and oxygen atoms in total. The Morgan fingerprint density at radius 3 is 2.43 bits per heavy atom. The molecule has 1 amide bonds. The molecule has 2 aromatic rings. The lowest BCUT2D eigenvalue weighted by Gasteiger charge is -2.04.